The molecule has 15 heteroatoms. The van der Waals surface area contributed by atoms with E-state index in [1.165, 1.54) is 0 Å². The summed E-state index contributed by atoms with van der Waals surface area (Å²) >= 11 is 0. The summed E-state index contributed by atoms with van der Waals surface area (Å²) in [5, 5.41) is 36.8. The first-order valence-electron chi connectivity index (χ1n) is 10.8. The zero-order chi connectivity index (χ0) is 27.2. The van der Waals surface area contributed by atoms with E-state index in [1.54, 1.807) is 0 Å². The molecular formula is C21H25B2F4N3O6. The molecule has 0 bridgehead atoms. The van der Waals surface area contributed by atoms with E-state index in [1.807, 2.05) is 0 Å². The van der Waals surface area contributed by atoms with Gasteiger partial charge in [0.2, 0.25) is 5.91 Å². The maximum atomic E-state index is 14.2. The minimum Gasteiger partial charge on any atom is -0.423 e. The summed E-state index contributed by atoms with van der Waals surface area (Å²) < 4.78 is 55.3. The van der Waals surface area contributed by atoms with Gasteiger partial charge in [0.1, 0.15) is 5.82 Å². The van der Waals surface area contributed by atoms with Crippen molar-refractivity contribution in [3.05, 3.63) is 58.9 Å². The van der Waals surface area contributed by atoms with Gasteiger partial charge in [-0.2, -0.15) is 13.2 Å². The number of carbonyl (C=O) groups is 2. The highest BCUT2D eigenvalue weighted by Crippen LogP contribution is 2.32. The molecule has 8 N–H and O–H groups in total. The van der Waals surface area contributed by atoms with Crippen LogP contribution in [0.5, 0.6) is 0 Å². The normalized spacial score (nSPS) is 12.2. The summed E-state index contributed by atoms with van der Waals surface area (Å²) in [7, 11) is -4.27. The second kappa shape index (κ2) is 12.3. The number of carbonyl (C=O) groups excluding carboxylic acids is 2. The van der Waals surface area contributed by atoms with Crippen LogP contribution in [0.2, 0.25) is 0 Å². The summed E-state index contributed by atoms with van der Waals surface area (Å²) in [6.07, 6.45) is -4.18. The number of rotatable bonds is 11. The number of nitrogens with two attached hydrogens (primary N) is 2. The lowest BCUT2D eigenvalue weighted by Crippen LogP contribution is -2.37. The van der Waals surface area contributed by atoms with Gasteiger partial charge in [-0.25, -0.2) is 4.39 Å². The second-order valence-electron chi connectivity index (χ2n) is 8.13. The minimum atomic E-state index is -4.88. The number of halogens is 4. The van der Waals surface area contributed by atoms with Gasteiger partial charge in [0, 0.05) is 24.1 Å². The van der Waals surface area contributed by atoms with Crippen molar-refractivity contribution in [3.63, 3.8) is 0 Å². The summed E-state index contributed by atoms with van der Waals surface area (Å²) in [6.45, 7) is -0.665. The Morgan fingerprint density at radius 2 is 1.67 bits per heavy atom. The fraction of sp³-hybridized carbons (Fsp3) is 0.333. The van der Waals surface area contributed by atoms with Crippen LogP contribution in [0, 0.1) is 5.82 Å². The van der Waals surface area contributed by atoms with E-state index in [9.17, 15) is 37.2 Å². The maximum Gasteiger partial charge on any atom is 0.491 e. The standard InChI is InChI=1S/C21H25B2F4N3O6/c24-17-9-12(5-7-16(17)23(35)36)20(32)30(8-2-1-3-18(28)19(29)31)11-13-4-6-14(22(33)34)10-15(13)21(25,26)27/h4-7,9-10,18,33-36H,1-3,8,11,28H2,(H2,29,31)/t18-/m0/s1. The highest BCUT2D eigenvalue weighted by atomic mass is 19.4. The van der Waals surface area contributed by atoms with Crippen LogP contribution in [0.25, 0.3) is 0 Å². The van der Waals surface area contributed by atoms with Crippen LogP contribution in [-0.2, 0) is 17.5 Å². The molecule has 1 atom stereocenters. The summed E-state index contributed by atoms with van der Waals surface area (Å²) in [6, 6.07) is 4.51. The van der Waals surface area contributed by atoms with Gasteiger partial charge < -0.3 is 36.5 Å². The molecule has 2 aromatic carbocycles. The number of amides is 2. The molecule has 0 aliphatic heterocycles. The highest BCUT2D eigenvalue weighted by molar-refractivity contribution is 6.59. The monoisotopic (exact) mass is 513 g/mol. The van der Waals surface area contributed by atoms with E-state index < -0.39 is 67.1 Å². The maximum absolute atomic E-state index is 14.2. The molecule has 0 saturated carbocycles. The number of hydrogen-bond donors (Lipinski definition) is 6. The molecule has 2 aromatic rings. The van der Waals surface area contributed by atoms with Crippen LogP contribution in [0.15, 0.2) is 36.4 Å². The molecular weight excluding hydrogens is 488 g/mol. The highest BCUT2D eigenvalue weighted by Gasteiger charge is 2.35. The Morgan fingerprint density at radius 3 is 2.19 bits per heavy atom. The fourth-order valence-corrected chi connectivity index (χ4v) is 3.48. The Morgan fingerprint density at radius 1 is 1.00 bits per heavy atom. The van der Waals surface area contributed by atoms with Crippen LogP contribution < -0.4 is 22.4 Å². The van der Waals surface area contributed by atoms with Crippen molar-refractivity contribution >= 4 is 37.0 Å². The number of benzene rings is 2. The summed E-state index contributed by atoms with van der Waals surface area (Å²) in [5.41, 5.74) is 7.99. The first-order valence-corrected chi connectivity index (χ1v) is 10.8. The van der Waals surface area contributed by atoms with Crippen molar-refractivity contribution in [3.8, 4) is 0 Å². The third-order valence-corrected chi connectivity index (χ3v) is 5.47. The van der Waals surface area contributed by atoms with Gasteiger partial charge >= 0.3 is 20.4 Å². The van der Waals surface area contributed by atoms with Gasteiger partial charge in [-0.15, -0.1) is 0 Å². The van der Waals surface area contributed by atoms with Gasteiger partial charge in [-0.1, -0.05) is 18.2 Å². The second-order valence-corrected chi connectivity index (χ2v) is 8.13. The lowest BCUT2D eigenvalue weighted by molar-refractivity contribution is -0.138. The molecule has 0 unspecified atom stereocenters. The van der Waals surface area contributed by atoms with Gasteiger partial charge in [-0.05, 0) is 48.5 Å². The van der Waals surface area contributed by atoms with E-state index in [0.29, 0.717) is 12.5 Å². The van der Waals surface area contributed by atoms with E-state index >= 15 is 0 Å². The Hall–Kier alpha value is -2.97. The first kappa shape index (κ1) is 29.3. The minimum absolute atomic E-state index is 0.0992. The third kappa shape index (κ3) is 7.77. The van der Waals surface area contributed by atoms with Gasteiger partial charge in [-0.3, -0.25) is 9.59 Å². The van der Waals surface area contributed by atoms with Gasteiger partial charge in [0.05, 0.1) is 11.6 Å². The average Bonchev–Trinajstić information content (AvgIpc) is 2.79. The molecule has 0 aliphatic carbocycles. The van der Waals surface area contributed by atoms with Crippen molar-refractivity contribution in [1.82, 2.24) is 4.90 Å². The molecule has 0 aliphatic rings. The number of alkyl halides is 3. The molecule has 0 saturated heterocycles. The van der Waals surface area contributed by atoms with Gasteiger partial charge in [0.25, 0.3) is 5.91 Å². The van der Waals surface area contributed by atoms with E-state index in [0.717, 1.165) is 35.2 Å². The Labute approximate surface area is 204 Å². The van der Waals surface area contributed by atoms with E-state index in [2.05, 4.69) is 0 Å². The van der Waals surface area contributed by atoms with Crippen LogP contribution in [0.4, 0.5) is 17.6 Å². The zero-order valence-electron chi connectivity index (χ0n) is 19.0. The number of hydrogen-bond acceptors (Lipinski definition) is 7. The van der Waals surface area contributed by atoms with Crippen molar-refractivity contribution in [2.24, 2.45) is 11.5 Å². The molecule has 36 heavy (non-hydrogen) atoms. The number of nitrogens with zero attached hydrogens (tertiary/aromatic N) is 1. The third-order valence-electron chi connectivity index (χ3n) is 5.47. The molecule has 0 aromatic heterocycles. The lowest BCUT2D eigenvalue weighted by atomic mass is 9.78. The molecule has 9 nitrogen and oxygen atoms in total. The Kier molecular flexibility index (Phi) is 10.0. The quantitative estimate of drug-likeness (QED) is 0.125. The zero-order valence-corrected chi connectivity index (χ0v) is 19.0. The van der Waals surface area contributed by atoms with Crippen LogP contribution in [0.3, 0.4) is 0 Å². The predicted octanol–water partition coefficient (Wildman–Crippen LogP) is -1.17. The SMILES string of the molecule is NC(=O)[C@@H](N)CCCCN(Cc1ccc(B(O)O)cc1C(F)(F)F)C(=O)c1ccc(B(O)O)c(F)c1. The van der Waals surface area contributed by atoms with Crippen molar-refractivity contribution in [1.29, 1.82) is 0 Å². The van der Waals surface area contributed by atoms with Crippen molar-refractivity contribution in [2.75, 3.05) is 6.54 Å². The van der Waals surface area contributed by atoms with Crippen LogP contribution in [0.1, 0.15) is 40.7 Å². The number of unbranched alkanes of at least 4 members (excludes halogenated alkanes) is 1. The van der Waals surface area contributed by atoms with Crippen molar-refractivity contribution in [2.45, 2.75) is 38.0 Å². The summed E-state index contributed by atoms with van der Waals surface area (Å²) in [5.74, 6) is -2.67. The molecule has 2 rings (SSSR count). The predicted molar refractivity (Wildman–Crippen MR) is 123 cm³/mol. The van der Waals surface area contributed by atoms with Gasteiger partial charge in [0.15, 0.2) is 0 Å². The fourth-order valence-electron chi connectivity index (χ4n) is 3.48. The molecule has 194 valence electrons. The van der Waals surface area contributed by atoms with E-state index in [-0.39, 0.29) is 30.5 Å². The Bertz CT molecular complexity index is 1090. The van der Waals surface area contributed by atoms with Crippen LogP contribution >= 0.6 is 0 Å². The summed E-state index contributed by atoms with van der Waals surface area (Å²) in [4.78, 5) is 25.3. The largest absolute Gasteiger partial charge is 0.491 e. The lowest BCUT2D eigenvalue weighted by Gasteiger charge is -2.25. The average molecular weight is 513 g/mol. The van der Waals surface area contributed by atoms with E-state index in [4.69, 9.17) is 21.5 Å². The first-order chi connectivity index (χ1) is 16.7. The number of primary amides is 1. The van der Waals surface area contributed by atoms with Crippen LogP contribution in [-0.4, -0.2) is 63.6 Å². The topological polar surface area (TPSA) is 170 Å². The Balaban J connectivity index is 2.38. The smallest absolute Gasteiger partial charge is 0.423 e. The van der Waals surface area contributed by atoms with Crippen molar-refractivity contribution < 1.29 is 47.2 Å². The molecule has 2 amide bonds. The molecule has 0 heterocycles. The molecule has 0 fully saturated rings. The molecule has 0 spiro atoms. The molecule has 0 radical (unpaired) electrons.